The Balaban J connectivity index is 1.41. The molecule has 40 heavy (non-hydrogen) atoms. The molecule has 4 heteroatoms. The highest BCUT2D eigenvalue weighted by Gasteiger charge is 2.65. The van der Waals surface area contributed by atoms with Crippen LogP contribution in [0.4, 0.5) is 0 Å². The van der Waals surface area contributed by atoms with Gasteiger partial charge in [0.1, 0.15) is 22.9 Å². The van der Waals surface area contributed by atoms with Crippen molar-refractivity contribution in [2.75, 3.05) is 0 Å². The molecule has 3 aromatic rings. The zero-order valence-electron chi connectivity index (χ0n) is 23.7. The molecule has 0 heterocycles. The first-order valence-corrected chi connectivity index (χ1v) is 14.4. The molecule has 3 aromatic carbocycles. The van der Waals surface area contributed by atoms with Crippen molar-refractivity contribution in [3.63, 3.8) is 0 Å². The molecule has 4 unspecified atom stereocenters. The van der Waals surface area contributed by atoms with E-state index in [1.165, 1.54) is 33.4 Å². The first-order valence-electron chi connectivity index (χ1n) is 14.4. The number of Topliss-reactive ketones (excluding diaryl/α,β-unsaturated/α-hetero) is 1. The number of rotatable bonds is 2. The third-order valence-corrected chi connectivity index (χ3v) is 10.9. The van der Waals surface area contributed by atoms with Crippen LogP contribution < -0.4 is 0 Å². The number of phenols is 2. The van der Waals surface area contributed by atoms with Crippen LogP contribution in [0.15, 0.2) is 43.0 Å². The highest BCUT2D eigenvalue weighted by atomic mass is 16.3. The number of hydrogen-bond acceptors (Lipinski definition) is 4. The van der Waals surface area contributed by atoms with Gasteiger partial charge >= 0.3 is 0 Å². The second kappa shape index (κ2) is 8.20. The molecule has 1 saturated carbocycles. The summed E-state index contributed by atoms with van der Waals surface area (Å²) in [5, 5.41) is 33.3. The van der Waals surface area contributed by atoms with Crippen LogP contribution in [0.25, 0.3) is 22.8 Å². The molecule has 0 amide bonds. The maximum atomic E-state index is 14.1. The third kappa shape index (κ3) is 3.03. The topological polar surface area (TPSA) is 77.8 Å². The molecule has 0 aromatic heterocycles. The van der Waals surface area contributed by atoms with Crippen LogP contribution in [-0.2, 0) is 24.1 Å². The van der Waals surface area contributed by atoms with E-state index in [1.807, 2.05) is 32.9 Å². The Morgan fingerprint density at radius 1 is 0.950 bits per heavy atom. The number of carbonyl (C=O) groups is 1. The molecule has 4 aliphatic rings. The number of aliphatic hydroxyl groups is 1. The number of aryl methyl sites for hydroxylation is 3. The van der Waals surface area contributed by atoms with Crippen molar-refractivity contribution in [1.82, 2.24) is 0 Å². The highest BCUT2D eigenvalue weighted by Crippen LogP contribution is 2.64. The van der Waals surface area contributed by atoms with Gasteiger partial charge in [-0.2, -0.15) is 0 Å². The first kappa shape index (κ1) is 25.3. The summed E-state index contributed by atoms with van der Waals surface area (Å²) in [6, 6.07) is 10.2. The highest BCUT2D eigenvalue weighted by molar-refractivity contribution is 6.02. The summed E-state index contributed by atoms with van der Waals surface area (Å²) >= 11 is 0. The molecule has 1 fully saturated rings. The monoisotopic (exact) mass is 532 g/mol. The predicted molar refractivity (Wildman–Crippen MR) is 159 cm³/mol. The number of hydrogen-bond donors (Lipinski definition) is 3. The molecular weight excluding hydrogens is 496 g/mol. The molecule has 0 radical (unpaired) electrons. The van der Waals surface area contributed by atoms with Gasteiger partial charge in [-0.15, -0.1) is 0 Å². The number of ketones is 1. The number of fused-ring (bicyclic) bond motifs is 9. The van der Waals surface area contributed by atoms with Crippen LogP contribution in [-0.4, -0.2) is 26.7 Å². The fraction of sp³-hybridized carbons (Fsp3) is 0.361. The summed E-state index contributed by atoms with van der Waals surface area (Å²) < 4.78 is 0. The predicted octanol–water partition coefficient (Wildman–Crippen LogP) is 6.89. The largest absolute Gasteiger partial charge is 0.508 e. The van der Waals surface area contributed by atoms with Gasteiger partial charge in [-0.1, -0.05) is 36.9 Å². The van der Waals surface area contributed by atoms with Gasteiger partial charge in [0.2, 0.25) is 0 Å². The molecule has 204 valence electrons. The van der Waals surface area contributed by atoms with E-state index in [2.05, 4.69) is 31.7 Å². The second-order valence-corrected chi connectivity index (χ2v) is 12.7. The van der Waals surface area contributed by atoms with Crippen LogP contribution in [0.2, 0.25) is 0 Å². The van der Waals surface area contributed by atoms with Gasteiger partial charge < -0.3 is 15.3 Å². The number of allylic oxidation sites excluding steroid dienone is 1. The Bertz CT molecular complexity index is 1710. The van der Waals surface area contributed by atoms with Gasteiger partial charge in [0.05, 0.1) is 5.41 Å². The second-order valence-electron chi connectivity index (χ2n) is 12.7. The SMILES string of the molecule is C=Cc1c(C)c(O)cc2c1C1=CC3C(=O)C(C)(CC3c3cc4c(cc3C)CCc3c-4ccc(O)c3C)C1(O)CC2. The molecule has 4 nitrogen and oxygen atoms in total. The van der Waals surface area contributed by atoms with E-state index in [-0.39, 0.29) is 23.4 Å². The summed E-state index contributed by atoms with van der Waals surface area (Å²) in [5.74, 6) is 0.331. The van der Waals surface area contributed by atoms with Crippen LogP contribution >= 0.6 is 0 Å². The van der Waals surface area contributed by atoms with Crippen molar-refractivity contribution >= 4 is 17.4 Å². The van der Waals surface area contributed by atoms with Gasteiger partial charge in [-0.25, -0.2) is 0 Å². The minimum atomic E-state index is -1.27. The fourth-order valence-electron chi connectivity index (χ4n) is 8.55. The normalized spacial score (nSPS) is 27.8. The summed E-state index contributed by atoms with van der Waals surface area (Å²) in [6.45, 7) is 12.0. The Hall–Kier alpha value is -3.63. The zero-order chi connectivity index (χ0) is 28.3. The van der Waals surface area contributed by atoms with Gasteiger partial charge in [0.15, 0.2) is 0 Å². The molecule has 4 atom stereocenters. The van der Waals surface area contributed by atoms with Crippen LogP contribution in [0.5, 0.6) is 11.5 Å². The van der Waals surface area contributed by atoms with Crippen LogP contribution in [0.1, 0.15) is 75.8 Å². The Labute approximate surface area is 235 Å². The van der Waals surface area contributed by atoms with E-state index in [4.69, 9.17) is 0 Å². The van der Waals surface area contributed by atoms with Crippen molar-refractivity contribution in [3.8, 4) is 22.6 Å². The van der Waals surface area contributed by atoms with Gasteiger partial charge in [-0.05, 0) is 145 Å². The van der Waals surface area contributed by atoms with E-state index in [9.17, 15) is 20.1 Å². The average molecular weight is 533 g/mol. The molecule has 3 N–H and O–H groups in total. The van der Waals surface area contributed by atoms with Crippen LogP contribution in [0, 0.1) is 32.1 Å². The lowest BCUT2D eigenvalue weighted by Gasteiger charge is -2.49. The van der Waals surface area contributed by atoms with Crippen molar-refractivity contribution < 1.29 is 20.1 Å². The van der Waals surface area contributed by atoms with E-state index < -0.39 is 11.0 Å². The summed E-state index contributed by atoms with van der Waals surface area (Å²) in [6.07, 6.45) is 7.28. The molecule has 0 aliphatic heterocycles. The van der Waals surface area contributed by atoms with Gasteiger partial charge in [-0.3, -0.25) is 4.79 Å². The minimum absolute atomic E-state index is 0.0395. The number of phenolic OH excluding ortho intramolecular Hbond substituents is 2. The summed E-state index contributed by atoms with van der Waals surface area (Å²) in [4.78, 5) is 14.1. The first-order chi connectivity index (χ1) is 19.0. The van der Waals surface area contributed by atoms with Crippen molar-refractivity contribution in [3.05, 3.63) is 93.1 Å². The van der Waals surface area contributed by atoms with Crippen molar-refractivity contribution in [2.24, 2.45) is 11.3 Å². The van der Waals surface area contributed by atoms with Crippen LogP contribution in [0.3, 0.4) is 0 Å². The summed E-state index contributed by atoms with van der Waals surface area (Å²) in [7, 11) is 0. The minimum Gasteiger partial charge on any atom is -0.508 e. The number of carbonyl (C=O) groups excluding carboxylic acids is 1. The van der Waals surface area contributed by atoms with Crippen molar-refractivity contribution in [1.29, 1.82) is 0 Å². The van der Waals surface area contributed by atoms with E-state index in [1.54, 1.807) is 12.1 Å². The van der Waals surface area contributed by atoms with E-state index in [0.717, 1.165) is 46.2 Å². The Kier molecular flexibility index (Phi) is 5.20. The van der Waals surface area contributed by atoms with E-state index >= 15 is 0 Å². The average Bonchev–Trinajstić information content (AvgIpc) is 3.12. The van der Waals surface area contributed by atoms with Crippen molar-refractivity contribution in [2.45, 2.75) is 71.3 Å². The fourth-order valence-corrected chi connectivity index (χ4v) is 8.55. The number of aromatic hydroxyl groups is 2. The molecular formula is C36H36O4. The van der Waals surface area contributed by atoms with Gasteiger partial charge in [0, 0.05) is 5.92 Å². The Morgan fingerprint density at radius 2 is 1.73 bits per heavy atom. The lowest BCUT2D eigenvalue weighted by Crippen LogP contribution is -2.54. The molecule has 7 rings (SSSR count). The lowest BCUT2D eigenvalue weighted by molar-refractivity contribution is -0.139. The number of benzene rings is 3. The molecule has 0 spiro atoms. The van der Waals surface area contributed by atoms with Gasteiger partial charge in [0.25, 0.3) is 0 Å². The summed E-state index contributed by atoms with van der Waals surface area (Å²) in [5.41, 5.74) is 10.4. The maximum Gasteiger partial charge on any atom is 0.149 e. The molecule has 0 saturated heterocycles. The zero-order valence-corrected chi connectivity index (χ0v) is 23.7. The third-order valence-electron chi connectivity index (χ3n) is 10.9. The quantitative estimate of drug-likeness (QED) is 0.336. The molecule has 2 bridgehead atoms. The lowest BCUT2D eigenvalue weighted by atomic mass is 9.57. The smallest absolute Gasteiger partial charge is 0.149 e. The maximum absolute atomic E-state index is 14.1. The van der Waals surface area contributed by atoms with E-state index in [0.29, 0.717) is 25.0 Å². The standard InChI is InChI=1S/C36H36O4/c1-6-23-19(3)32(38)14-22-11-12-36(40)30(33(22)23)16-28-29(17-35(36,5)34(28)39)26-15-27-21(13-18(26)2)7-8-24-20(4)31(37)10-9-25(24)27/h6,9-10,13-16,28-29,37-38,40H,1,7-8,11-12,17H2,2-5H3. The Morgan fingerprint density at radius 3 is 2.48 bits per heavy atom. The molecule has 4 aliphatic carbocycles.